The van der Waals surface area contributed by atoms with Gasteiger partial charge in [0.2, 0.25) is 5.91 Å². The van der Waals surface area contributed by atoms with Crippen LogP contribution in [-0.4, -0.2) is 46.9 Å². The normalized spacial score (nSPS) is 20.1. The number of amides is 2. The highest BCUT2D eigenvalue weighted by atomic mass is 19.1. The quantitative estimate of drug-likeness (QED) is 0.644. The third-order valence-corrected chi connectivity index (χ3v) is 6.65. The number of H-pyrrole nitrogens is 1. The summed E-state index contributed by atoms with van der Waals surface area (Å²) in [6, 6.07) is 9.22. The van der Waals surface area contributed by atoms with Crippen LogP contribution < -0.4 is 10.2 Å². The molecule has 2 amide bonds. The minimum Gasteiger partial charge on any atom is -0.366 e. The third kappa shape index (κ3) is 3.39. The van der Waals surface area contributed by atoms with Gasteiger partial charge in [0.05, 0.1) is 17.6 Å². The van der Waals surface area contributed by atoms with Crippen LogP contribution in [0.2, 0.25) is 0 Å². The average Bonchev–Trinajstić information content (AvgIpc) is 3.44. The second kappa shape index (κ2) is 7.62. The highest BCUT2D eigenvalue weighted by molar-refractivity contribution is 6.06. The number of anilines is 2. The zero-order valence-electron chi connectivity index (χ0n) is 17.9. The molecule has 2 atom stereocenters. The van der Waals surface area contributed by atoms with Gasteiger partial charge < -0.3 is 20.1 Å². The number of hydrogen-bond acceptors (Lipinski definition) is 3. The van der Waals surface area contributed by atoms with E-state index in [1.165, 1.54) is 24.3 Å². The Bertz CT molecular complexity index is 1200. The maximum atomic E-state index is 14.5. The van der Waals surface area contributed by atoms with E-state index in [0.29, 0.717) is 28.8 Å². The summed E-state index contributed by atoms with van der Waals surface area (Å²) in [6.45, 7) is 4.84. The van der Waals surface area contributed by atoms with Gasteiger partial charge in [0.25, 0.3) is 5.91 Å². The van der Waals surface area contributed by atoms with Crippen molar-refractivity contribution in [2.45, 2.75) is 38.8 Å². The van der Waals surface area contributed by atoms with Gasteiger partial charge in [-0.1, -0.05) is 6.07 Å². The van der Waals surface area contributed by atoms with E-state index in [4.69, 9.17) is 0 Å². The fourth-order valence-corrected chi connectivity index (χ4v) is 5.16. The number of carbonyl (C=O) groups excluding carboxylic acids is 2. The number of aromatic amines is 1. The molecule has 5 rings (SSSR count). The summed E-state index contributed by atoms with van der Waals surface area (Å²) >= 11 is 0. The minimum absolute atomic E-state index is 0.0663. The zero-order chi connectivity index (χ0) is 22.6. The van der Waals surface area contributed by atoms with Crippen molar-refractivity contribution in [3.8, 4) is 0 Å². The lowest BCUT2D eigenvalue weighted by Crippen LogP contribution is -2.38. The lowest BCUT2D eigenvalue weighted by atomic mass is 10.1. The molecule has 3 heterocycles. The molecule has 166 valence electrons. The third-order valence-electron chi connectivity index (χ3n) is 6.65. The van der Waals surface area contributed by atoms with Crippen LogP contribution in [0.15, 0.2) is 36.4 Å². The number of halogens is 2. The van der Waals surface area contributed by atoms with E-state index in [9.17, 15) is 18.4 Å². The van der Waals surface area contributed by atoms with Gasteiger partial charge in [-0.05, 0) is 55.7 Å². The van der Waals surface area contributed by atoms with E-state index < -0.39 is 17.5 Å². The summed E-state index contributed by atoms with van der Waals surface area (Å²) in [5.74, 6) is -1.27. The Morgan fingerprint density at radius 2 is 1.84 bits per heavy atom. The van der Waals surface area contributed by atoms with Crippen molar-refractivity contribution in [2.75, 3.05) is 23.3 Å². The lowest BCUT2D eigenvalue weighted by molar-refractivity contribution is -0.129. The van der Waals surface area contributed by atoms with E-state index in [-0.39, 0.29) is 23.7 Å². The van der Waals surface area contributed by atoms with Gasteiger partial charge >= 0.3 is 0 Å². The predicted octanol–water partition coefficient (Wildman–Crippen LogP) is 4.21. The van der Waals surface area contributed by atoms with Crippen molar-refractivity contribution in [1.29, 1.82) is 0 Å². The smallest absolute Gasteiger partial charge is 0.272 e. The SMILES string of the molecule is CC(=O)N1CC[C@@H]2[C@@H]1CCN2c1cc(F)cc(NC(=O)c2cc3c(F)ccc(C)c3[nH]2)c1. The number of fused-ring (bicyclic) bond motifs is 2. The maximum absolute atomic E-state index is 14.5. The number of rotatable bonds is 3. The summed E-state index contributed by atoms with van der Waals surface area (Å²) in [4.78, 5) is 31.7. The predicted molar refractivity (Wildman–Crippen MR) is 119 cm³/mol. The van der Waals surface area contributed by atoms with Gasteiger partial charge in [-0.3, -0.25) is 9.59 Å². The number of likely N-dealkylation sites (tertiary alicyclic amines) is 1. The Balaban J connectivity index is 1.39. The number of aryl methyl sites for hydroxylation is 1. The van der Waals surface area contributed by atoms with Gasteiger partial charge in [-0.2, -0.15) is 0 Å². The number of hydrogen-bond donors (Lipinski definition) is 2. The topological polar surface area (TPSA) is 68.4 Å². The van der Waals surface area contributed by atoms with Crippen molar-refractivity contribution in [1.82, 2.24) is 9.88 Å². The van der Waals surface area contributed by atoms with Crippen LogP contribution in [0.1, 0.15) is 35.8 Å². The molecule has 0 bridgehead atoms. The first-order chi connectivity index (χ1) is 15.3. The van der Waals surface area contributed by atoms with E-state index >= 15 is 0 Å². The van der Waals surface area contributed by atoms with Crippen molar-refractivity contribution < 1.29 is 18.4 Å². The number of nitrogens with zero attached hydrogens (tertiary/aromatic N) is 2. The van der Waals surface area contributed by atoms with Crippen molar-refractivity contribution >= 4 is 34.1 Å². The Morgan fingerprint density at radius 3 is 2.59 bits per heavy atom. The Kier molecular flexibility index (Phi) is 4.87. The van der Waals surface area contributed by atoms with Crippen LogP contribution >= 0.6 is 0 Å². The first-order valence-corrected chi connectivity index (χ1v) is 10.8. The fourth-order valence-electron chi connectivity index (χ4n) is 5.16. The number of nitrogens with one attached hydrogen (secondary N) is 2. The van der Waals surface area contributed by atoms with Crippen molar-refractivity contribution in [3.05, 3.63) is 59.3 Å². The Hall–Kier alpha value is -3.42. The molecule has 0 unspecified atom stereocenters. The van der Waals surface area contributed by atoms with Gasteiger partial charge in [0.15, 0.2) is 0 Å². The largest absolute Gasteiger partial charge is 0.366 e. The first kappa shape index (κ1) is 20.5. The summed E-state index contributed by atoms with van der Waals surface area (Å²) in [7, 11) is 0. The molecule has 2 aliphatic rings. The molecule has 2 aromatic carbocycles. The van der Waals surface area contributed by atoms with Gasteiger partial charge in [-0.15, -0.1) is 0 Å². The van der Waals surface area contributed by atoms with E-state index in [1.54, 1.807) is 19.1 Å². The molecule has 3 aromatic rings. The monoisotopic (exact) mass is 438 g/mol. The summed E-state index contributed by atoms with van der Waals surface area (Å²) in [5.41, 5.74) is 2.60. The van der Waals surface area contributed by atoms with Crippen LogP contribution in [0.3, 0.4) is 0 Å². The molecule has 0 saturated carbocycles. The molecule has 1 aromatic heterocycles. The van der Waals surface area contributed by atoms with Crippen LogP contribution in [0.25, 0.3) is 10.9 Å². The molecule has 0 spiro atoms. The number of carbonyl (C=O) groups is 2. The zero-order valence-corrected chi connectivity index (χ0v) is 17.9. The second-order valence-electron chi connectivity index (χ2n) is 8.61. The molecule has 2 aliphatic heterocycles. The molecular weight excluding hydrogens is 414 g/mol. The van der Waals surface area contributed by atoms with Crippen molar-refractivity contribution in [2.24, 2.45) is 0 Å². The molecule has 32 heavy (non-hydrogen) atoms. The summed E-state index contributed by atoms with van der Waals surface area (Å²) in [5, 5.41) is 3.07. The average molecular weight is 438 g/mol. The summed E-state index contributed by atoms with van der Waals surface area (Å²) < 4.78 is 28.6. The van der Waals surface area contributed by atoms with E-state index in [2.05, 4.69) is 15.2 Å². The second-order valence-corrected chi connectivity index (χ2v) is 8.61. The van der Waals surface area contributed by atoms with Gasteiger partial charge in [-0.25, -0.2) is 8.78 Å². The molecule has 8 heteroatoms. The number of benzene rings is 2. The highest BCUT2D eigenvalue weighted by Gasteiger charge is 2.43. The lowest BCUT2D eigenvalue weighted by Gasteiger charge is -2.27. The molecule has 2 fully saturated rings. The molecule has 0 aliphatic carbocycles. The molecule has 2 N–H and O–H groups in total. The number of aromatic nitrogens is 1. The molecule has 2 saturated heterocycles. The summed E-state index contributed by atoms with van der Waals surface area (Å²) in [6.07, 6.45) is 1.67. The van der Waals surface area contributed by atoms with Gasteiger partial charge in [0.1, 0.15) is 17.3 Å². The fraction of sp³-hybridized carbons (Fsp3) is 0.333. The van der Waals surface area contributed by atoms with E-state index in [1.807, 2.05) is 11.8 Å². The molecule has 6 nitrogen and oxygen atoms in total. The maximum Gasteiger partial charge on any atom is 0.272 e. The highest BCUT2D eigenvalue weighted by Crippen LogP contribution is 2.36. The first-order valence-electron chi connectivity index (χ1n) is 10.8. The van der Waals surface area contributed by atoms with Gasteiger partial charge in [0, 0.05) is 36.8 Å². The standard InChI is InChI=1S/C24H24F2N4O2/c1-13-3-4-19(26)18-12-20(28-23(13)18)24(32)27-16-9-15(25)10-17(11-16)30-8-6-21-22(30)5-7-29(21)14(2)31/h3-4,9-12,21-22,28H,5-8H2,1-2H3,(H,27,32)/t21-,22+/m0/s1. The minimum atomic E-state index is -0.473. The molecular formula is C24H24F2N4O2. The molecule has 0 radical (unpaired) electrons. The van der Waals surface area contributed by atoms with Crippen LogP contribution in [0, 0.1) is 18.6 Å². The van der Waals surface area contributed by atoms with Crippen molar-refractivity contribution in [3.63, 3.8) is 0 Å². The van der Waals surface area contributed by atoms with Crippen LogP contribution in [-0.2, 0) is 4.79 Å². The Morgan fingerprint density at radius 1 is 1.06 bits per heavy atom. The van der Waals surface area contributed by atoms with E-state index in [0.717, 1.165) is 24.9 Å². The van der Waals surface area contributed by atoms with Crippen LogP contribution in [0.4, 0.5) is 20.2 Å². The Labute approximate surface area is 184 Å². The van der Waals surface area contributed by atoms with Crippen LogP contribution in [0.5, 0.6) is 0 Å².